The maximum absolute atomic E-state index is 6.26. The zero-order valence-corrected chi connectivity index (χ0v) is 13.5. The molecule has 2 aromatic rings. The predicted molar refractivity (Wildman–Crippen MR) is 84.8 cm³/mol. The molecule has 4 heteroatoms. The normalized spacial score (nSPS) is 11.3. The van der Waals surface area contributed by atoms with E-state index in [-0.39, 0.29) is 0 Å². The van der Waals surface area contributed by atoms with Crippen molar-refractivity contribution in [3.63, 3.8) is 0 Å². The van der Waals surface area contributed by atoms with Crippen molar-refractivity contribution in [1.29, 1.82) is 0 Å². The molecule has 1 N–H and O–H groups in total. The second-order valence-electron chi connectivity index (χ2n) is 5.56. The summed E-state index contributed by atoms with van der Waals surface area (Å²) in [5, 5.41) is 8.76. The molecule has 0 aliphatic carbocycles. The van der Waals surface area contributed by atoms with Gasteiger partial charge in [0, 0.05) is 12.6 Å². The quantitative estimate of drug-likeness (QED) is 0.924. The van der Waals surface area contributed by atoms with E-state index < -0.39 is 0 Å². The number of rotatable bonds is 4. The third-order valence-electron chi connectivity index (χ3n) is 3.37. The minimum Gasteiger partial charge on any atom is -0.310 e. The highest BCUT2D eigenvalue weighted by molar-refractivity contribution is 6.31. The zero-order valence-electron chi connectivity index (χ0n) is 12.8. The largest absolute Gasteiger partial charge is 0.310 e. The Morgan fingerprint density at radius 2 is 1.95 bits per heavy atom. The molecular weight excluding hydrogens is 270 g/mol. The molecule has 108 valence electrons. The van der Waals surface area contributed by atoms with Crippen molar-refractivity contribution < 1.29 is 0 Å². The van der Waals surface area contributed by atoms with Gasteiger partial charge in [0.2, 0.25) is 0 Å². The van der Waals surface area contributed by atoms with Crippen LogP contribution in [0.1, 0.15) is 36.4 Å². The first-order valence-corrected chi connectivity index (χ1v) is 7.33. The molecule has 0 saturated carbocycles. The number of aromatic nitrogens is 2. The summed E-state index contributed by atoms with van der Waals surface area (Å²) in [6.07, 6.45) is 0. The summed E-state index contributed by atoms with van der Waals surface area (Å²) in [6.45, 7) is 11.2. The van der Waals surface area contributed by atoms with Crippen LogP contribution in [0.2, 0.25) is 5.02 Å². The Labute approximate surface area is 126 Å². The van der Waals surface area contributed by atoms with E-state index in [0.29, 0.717) is 6.04 Å². The number of hydrogen-bond donors (Lipinski definition) is 1. The lowest BCUT2D eigenvalue weighted by atomic mass is 10.1. The summed E-state index contributed by atoms with van der Waals surface area (Å²) in [6, 6.07) is 6.88. The highest BCUT2D eigenvalue weighted by Crippen LogP contribution is 2.25. The average Bonchev–Trinajstić information content (AvgIpc) is 2.64. The van der Waals surface area contributed by atoms with Crippen molar-refractivity contribution >= 4 is 11.6 Å². The number of nitrogens with one attached hydrogen (secondary N) is 1. The fraction of sp³-hybridized carbons (Fsp3) is 0.438. The summed E-state index contributed by atoms with van der Waals surface area (Å²) in [5.74, 6) is 0. The lowest BCUT2D eigenvalue weighted by molar-refractivity contribution is 0.586. The number of hydrogen-bond acceptors (Lipinski definition) is 2. The minimum atomic E-state index is 0.451. The Morgan fingerprint density at radius 1 is 1.25 bits per heavy atom. The molecule has 0 radical (unpaired) electrons. The van der Waals surface area contributed by atoms with Gasteiger partial charge >= 0.3 is 0 Å². The van der Waals surface area contributed by atoms with Crippen LogP contribution in [0.15, 0.2) is 18.2 Å². The molecule has 0 aliphatic rings. The molecule has 0 amide bonds. The third kappa shape index (κ3) is 3.05. The van der Waals surface area contributed by atoms with E-state index in [1.165, 1.54) is 11.1 Å². The van der Waals surface area contributed by atoms with Crippen LogP contribution in [0.25, 0.3) is 5.69 Å². The first-order chi connectivity index (χ1) is 9.40. The molecule has 0 bridgehead atoms. The number of nitrogens with zero attached hydrogens (tertiary/aromatic N) is 2. The molecular formula is C16H22ClN3. The van der Waals surface area contributed by atoms with Gasteiger partial charge in [-0.2, -0.15) is 5.10 Å². The van der Waals surface area contributed by atoms with Gasteiger partial charge in [0.15, 0.2) is 0 Å². The first-order valence-electron chi connectivity index (χ1n) is 6.95. The maximum Gasteiger partial charge on any atom is 0.0848 e. The second-order valence-corrected chi connectivity index (χ2v) is 5.94. The maximum atomic E-state index is 6.26. The molecule has 1 heterocycles. The number of halogens is 1. The highest BCUT2D eigenvalue weighted by Gasteiger charge is 2.13. The lowest BCUT2D eigenvalue weighted by Crippen LogP contribution is -2.23. The second kappa shape index (κ2) is 5.98. The predicted octanol–water partition coefficient (Wildman–Crippen LogP) is 3.95. The molecule has 0 spiro atoms. The minimum absolute atomic E-state index is 0.451. The van der Waals surface area contributed by atoms with Crippen molar-refractivity contribution in [2.75, 3.05) is 0 Å². The van der Waals surface area contributed by atoms with Crippen molar-refractivity contribution in [3.05, 3.63) is 45.7 Å². The van der Waals surface area contributed by atoms with E-state index in [4.69, 9.17) is 11.6 Å². The van der Waals surface area contributed by atoms with Gasteiger partial charge in [-0.3, -0.25) is 0 Å². The van der Waals surface area contributed by atoms with Crippen LogP contribution >= 0.6 is 11.6 Å². The summed E-state index contributed by atoms with van der Waals surface area (Å²) in [7, 11) is 0. The summed E-state index contributed by atoms with van der Waals surface area (Å²) >= 11 is 6.26. The van der Waals surface area contributed by atoms with E-state index in [0.717, 1.165) is 28.6 Å². The van der Waals surface area contributed by atoms with Crippen LogP contribution in [-0.4, -0.2) is 15.8 Å². The van der Waals surface area contributed by atoms with E-state index >= 15 is 0 Å². The van der Waals surface area contributed by atoms with E-state index in [9.17, 15) is 0 Å². The van der Waals surface area contributed by atoms with Gasteiger partial charge in [0.05, 0.1) is 22.1 Å². The van der Waals surface area contributed by atoms with E-state index in [2.05, 4.69) is 49.4 Å². The molecule has 20 heavy (non-hydrogen) atoms. The topological polar surface area (TPSA) is 29.9 Å². The van der Waals surface area contributed by atoms with Crippen molar-refractivity contribution in [2.45, 2.75) is 47.2 Å². The summed E-state index contributed by atoms with van der Waals surface area (Å²) in [5.41, 5.74) is 5.44. The Hall–Kier alpha value is -1.32. The average molecular weight is 292 g/mol. The van der Waals surface area contributed by atoms with Crippen molar-refractivity contribution in [3.8, 4) is 5.69 Å². The molecule has 3 nitrogen and oxygen atoms in total. The molecule has 1 aromatic carbocycles. The van der Waals surface area contributed by atoms with Gasteiger partial charge in [0.25, 0.3) is 0 Å². The fourth-order valence-electron chi connectivity index (χ4n) is 2.23. The zero-order chi connectivity index (χ0) is 14.9. The number of aryl methyl sites for hydroxylation is 2. The Bertz CT molecular complexity index is 614. The van der Waals surface area contributed by atoms with Crippen LogP contribution < -0.4 is 5.32 Å². The van der Waals surface area contributed by atoms with Crippen LogP contribution in [0.3, 0.4) is 0 Å². The van der Waals surface area contributed by atoms with Gasteiger partial charge in [-0.1, -0.05) is 43.1 Å². The van der Waals surface area contributed by atoms with Gasteiger partial charge in [-0.25, -0.2) is 4.68 Å². The van der Waals surface area contributed by atoms with Crippen molar-refractivity contribution in [1.82, 2.24) is 15.1 Å². The Balaban J connectivity index is 2.47. The SMILES string of the molecule is Cc1ccc(-n2nc(C)c(Cl)c2C)c(CNC(C)C)c1. The monoisotopic (exact) mass is 291 g/mol. The van der Waals surface area contributed by atoms with Gasteiger partial charge in [-0.15, -0.1) is 0 Å². The van der Waals surface area contributed by atoms with Crippen LogP contribution in [0, 0.1) is 20.8 Å². The highest BCUT2D eigenvalue weighted by atomic mass is 35.5. The van der Waals surface area contributed by atoms with E-state index in [1.54, 1.807) is 0 Å². The van der Waals surface area contributed by atoms with Gasteiger partial charge in [0.1, 0.15) is 0 Å². The van der Waals surface area contributed by atoms with Gasteiger partial charge < -0.3 is 5.32 Å². The lowest BCUT2D eigenvalue weighted by Gasteiger charge is -2.14. The first kappa shape index (κ1) is 15.1. The molecule has 2 rings (SSSR count). The molecule has 1 aromatic heterocycles. The Kier molecular flexibility index (Phi) is 4.51. The summed E-state index contributed by atoms with van der Waals surface area (Å²) < 4.78 is 1.94. The molecule has 0 unspecified atom stereocenters. The van der Waals surface area contributed by atoms with E-state index in [1.807, 2.05) is 18.5 Å². The molecule has 0 aliphatic heterocycles. The smallest absolute Gasteiger partial charge is 0.0848 e. The third-order valence-corrected chi connectivity index (χ3v) is 3.91. The van der Waals surface area contributed by atoms with Crippen molar-refractivity contribution in [2.24, 2.45) is 0 Å². The molecule has 0 atom stereocenters. The Morgan fingerprint density at radius 3 is 2.50 bits per heavy atom. The molecule has 0 saturated heterocycles. The van der Waals surface area contributed by atoms with Crippen LogP contribution in [-0.2, 0) is 6.54 Å². The number of benzene rings is 1. The standard InChI is InChI=1S/C16H22ClN3/c1-10(2)18-9-14-8-11(3)6-7-15(14)20-13(5)16(17)12(4)19-20/h6-8,10,18H,9H2,1-5H3. The molecule has 0 fully saturated rings. The fourth-order valence-corrected chi connectivity index (χ4v) is 2.35. The van der Waals surface area contributed by atoms with Crippen LogP contribution in [0.5, 0.6) is 0 Å². The van der Waals surface area contributed by atoms with Crippen LogP contribution in [0.4, 0.5) is 0 Å². The van der Waals surface area contributed by atoms with Gasteiger partial charge in [-0.05, 0) is 32.4 Å². The summed E-state index contributed by atoms with van der Waals surface area (Å²) in [4.78, 5) is 0.